The first-order valence-corrected chi connectivity index (χ1v) is 6.37. The number of nitrogen functional groups attached to an aromatic ring is 1. The topological polar surface area (TPSA) is 85.2 Å². The molecule has 0 saturated heterocycles. The lowest BCUT2D eigenvalue weighted by Crippen LogP contribution is -2.21. The van der Waals surface area contributed by atoms with Gasteiger partial charge in [0.1, 0.15) is 0 Å². The van der Waals surface area contributed by atoms with Gasteiger partial charge in [-0.2, -0.15) is 0 Å². The molecule has 5 heteroatoms. The van der Waals surface area contributed by atoms with Crippen molar-refractivity contribution in [3.05, 3.63) is 53.9 Å². The first kappa shape index (κ1) is 13.9. The molecule has 2 aromatic rings. The molecule has 0 saturated carbocycles. The molecule has 2 rings (SSSR count). The molecule has 0 atom stereocenters. The fraction of sp³-hybridized carbons (Fsp3) is 0.200. The minimum absolute atomic E-state index is 0.360. The molecular formula is C15H18N4O. The minimum Gasteiger partial charge on any atom is -0.398 e. The molecule has 0 spiro atoms. The van der Waals surface area contributed by atoms with Crippen LogP contribution in [0.3, 0.4) is 0 Å². The maximum atomic E-state index is 11.3. The van der Waals surface area contributed by atoms with Crippen LogP contribution >= 0.6 is 0 Å². The van der Waals surface area contributed by atoms with Crippen molar-refractivity contribution in [2.45, 2.75) is 6.42 Å². The lowest BCUT2D eigenvalue weighted by Gasteiger charge is -2.20. The van der Waals surface area contributed by atoms with Gasteiger partial charge in [-0.05, 0) is 42.3 Å². The Morgan fingerprint density at radius 1 is 1.25 bits per heavy atom. The highest BCUT2D eigenvalue weighted by molar-refractivity contribution is 5.99. The second-order valence-electron chi connectivity index (χ2n) is 4.66. The van der Waals surface area contributed by atoms with Gasteiger partial charge in [0.25, 0.3) is 5.91 Å². The summed E-state index contributed by atoms with van der Waals surface area (Å²) in [5, 5.41) is 0. The van der Waals surface area contributed by atoms with Crippen molar-refractivity contribution >= 4 is 17.3 Å². The summed E-state index contributed by atoms with van der Waals surface area (Å²) >= 11 is 0. The highest BCUT2D eigenvalue weighted by atomic mass is 16.1. The molecule has 0 aliphatic rings. The van der Waals surface area contributed by atoms with Crippen LogP contribution in [-0.2, 0) is 6.42 Å². The third-order valence-electron chi connectivity index (χ3n) is 3.23. The number of nitrogens with zero attached hydrogens (tertiary/aromatic N) is 2. The smallest absolute Gasteiger partial charge is 0.250 e. The lowest BCUT2D eigenvalue weighted by atomic mass is 10.1. The summed E-state index contributed by atoms with van der Waals surface area (Å²) in [5.41, 5.74) is 13.9. The number of aromatic nitrogens is 1. The van der Waals surface area contributed by atoms with Crippen molar-refractivity contribution in [1.82, 2.24) is 4.98 Å². The van der Waals surface area contributed by atoms with Gasteiger partial charge < -0.3 is 16.4 Å². The van der Waals surface area contributed by atoms with E-state index < -0.39 is 5.91 Å². The zero-order valence-electron chi connectivity index (χ0n) is 11.4. The van der Waals surface area contributed by atoms with Gasteiger partial charge in [0.15, 0.2) is 0 Å². The van der Waals surface area contributed by atoms with Crippen LogP contribution in [0.25, 0.3) is 0 Å². The van der Waals surface area contributed by atoms with Gasteiger partial charge in [0.2, 0.25) is 0 Å². The van der Waals surface area contributed by atoms with E-state index in [1.807, 2.05) is 25.2 Å². The third-order valence-corrected chi connectivity index (χ3v) is 3.23. The molecule has 1 aromatic carbocycles. The van der Waals surface area contributed by atoms with Gasteiger partial charge in [-0.25, -0.2) is 0 Å². The van der Waals surface area contributed by atoms with E-state index in [4.69, 9.17) is 11.5 Å². The van der Waals surface area contributed by atoms with Gasteiger partial charge in [0, 0.05) is 37.4 Å². The Bertz CT molecular complexity index is 598. The average molecular weight is 270 g/mol. The highest BCUT2D eigenvalue weighted by Gasteiger charge is 2.09. The number of anilines is 2. The molecule has 0 bridgehead atoms. The molecule has 0 aliphatic carbocycles. The molecule has 0 aliphatic heterocycles. The van der Waals surface area contributed by atoms with E-state index in [2.05, 4.69) is 9.88 Å². The monoisotopic (exact) mass is 270 g/mol. The zero-order chi connectivity index (χ0) is 14.5. The standard InChI is InChI=1S/C15H18N4O/c1-19(9-6-11-4-7-18-8-5-11)12-2-3-14(16)13(10-12)15(17)20/h2-5,7-8,10H,6,9,16H2,1H3,(H2,17,20). The average Bonchev–Trinajstić information content (AvgIpc) is 2.46. The summed E-state index contributed by atoms with van der Waals surface area (Å²) in [6, 6.07) is 9.30. The van der Waals surface area contributed by atoms with E-state index in [-0.39, 0.29) is 0 Å². The normalized spacial score (nSPS) is 10.2. The number of primary amides is 1. The fourth-order valence-corrected chi connectivity index (χ4v) is 1.97. The van der Waals surface area contributed by atoms with E-state index in [0.29, 0.717) is 11.3 Å². The van der Waals surface area contributed by atoms with Crippen LogP contribution in [0.15, 0.2) is 42.7 Å². The maximum absolute atomic E-state index is 11.3. The van der Waals surface area contributed by atoms with E-state index >= 15 is 0 Å². The summed E-state index contributed by atoms with van der Waals surface area (Å²) < 4.78 is 0. The number of rotatable bonds is 5. The Morgan fingerprint density at radius 3 is 2.60 bits per heavy atom. The number of hydrogen-bond acceptors (Lipinski definition) is 4. The van der Waals surface area contributed by atoms with Crippen LogP contribution in [0.1, 0.15) is 15.9 Å². The largest absolute Gasteiger partial charge is 0.398 e. The van der Waals surface area contributed by atoms with Crippen molar-refractivity contribution in [3.63, 3.8) is 0 Å². The Morgan fingerprint density at radius 2 is 1.95 bits per heavy atom. The molecule has 1 aromatic heterocycles. The molecule has 1 heterocycles. The number of carbonyl (C=O) groups excluding carboxylic acids is 1. The van der Waals surface area contributed by atoms with Gasteiger partial charge in [-0.15, -0.1) is 0 Å². The van der Waals surface area contributed by atoms with Gasteiger partial charge in [-0.1, -0.05) is 0 Å². The Balaban J connectivity index is 2.07. The van der Waals surface area contributed by atoms with Crippen molar-refractivity contribution in [2.24, 2.45) is 5.73 Å². The van der Waals surface area contributed by atoms with Crippen LogP contribution in [0.2, 0.25) is 0 Å². The first-order valence-electron chi connectivity index (χ1n) is 6.37. The van der Waals surface area contributed by atoms with Crippen molar-refractivity contribution in [1.29, 1.82) is 0 Å². The predicted molar refractivity (Wildman–Crippen MR) is 80.6 cm³/mol. The molecule has 0 radical (unpaired) electrons. The second-order valence-corrected chi connectivity index (χ2v) is 4.66. The van der Waals surface area contributed by atoms with E-state index in [1.54, 1.807) is 24.5 Å². The summed E-state index contributed by atoms with van der Waals surface area (Å²) in [4.78, 5) is 17.3. The van der Waals surface area contributed by atoms with Gasteiger partial charge >= 0.3 is 0 Å². The molecule has 5 nitrogen and oxygen atoms in total. The lowest BCUT2D eigenvalue weighted by molar-refractivity contribution is 0.100. The number of amides is 1. The molecular weight excluding hydrogens is 252 g/mol. The SMILES string of the molecule is CN(CCc1ccncc1)c1ccc(N)c(C(N)=O)c1. The molecule has 0 fully saturated rings. The number of hydrogen-bond donors (Lipinski definition) is 2. The number of likely N-dealkylation sites (N-methyl/N-ethyl adjacent to an activating group) is 1. The van der Waals surface area contributed by atoms with Gasteiger partial charge in [-0.3, -0.25) is 9.78 Å². The van der Waals surface area contributed by atoms with E-state index in [1.165, 1.54) is 5.56 Å². The predicted octanol–water partition coefficient (Wildman–Crippen LogP) is 1.44. The second kappa shape index (κ2) is 6.06. The van der Waals surface area contributed by atoms with Crippen LogP contribution < -0.4 is 16.4 Å². The highest BCUT2D eigenvalue weighted by Crippen LogP contribution is 2.20. The van der Waals surface area contributed by atoms with Crippen molar-refractivity contribution in [2.75, 3.05) is 24.2 Å². The Hall–Kier alpha value is -2.56. The van der Waals surface area contributed by atoms with Gasteiger partial charge in [0.05, 0.1) is 5.56 Å². The Kier molecular flexibility index (Phi) is 4.20. The zero-order valence-corrected chi connectivity index (χ0v) is 11.4. The van der Waals surface area contributed by atoms with Crippen LogP contribution in [0, 0.1) is 0 Å². The number of pyridine rings is 1. The maximum Gasteiger partial charge on any atom is 0.250 e. The number of benzene rings is 1. The third kappa shape index (κ3) is 3.26. The quantitative estimate of drug-likeness (QED) is 0.805. The summed E-state index contributed by atoms with van der Waals surface area (Å²) in [6.07, 6.45) is 4.46. The first-order chi connectivity index (χ1) is 9.58. The molecule has 20 heavy (non-hydrogen) atoms. The van der Waals surface area contributed by atoms with E-state index in [0.717, 1.165) is 18.7 Å². The fourth-order valence-electron chi connectivity index (χ4n) is 1.97. The summed E-state index contributed by atoms with van der Waals surface area (Å²) in [6.45, 7) is 0.826. The van der Waals surface area contributed by atoms with Crippen LogP contribution in [-0.4, -0.2) is 24.5 Å². The van der Waals surface area contributed by atoms with Crippen molar-refractivity contribution in [3.8, 4) is 0 Å². The number of nitrogens with two attached hydrogens (primary N) is 2. The van der Waals surface area contributed by atoms with Crippen LogP contribution in [0.5, 0.6) is 0 Å². The van der Waals surface area contributed by atoms with Crippen LogP contribution in [0.4, 0.5) is 11.4 Å². The summed E-state index contributed by atoms with van der Waals surface area (Å²) in [7, 11) is 1.97. The molecule has 4 N–H and O–H groups in total. The number of carbonyl (C=O) groups is 1. The summed E-state index contributed by atoms with van der Waals surface area (Å²) in [5.74, 6) is -0.508. The molecule has 104 valence electrons. The molecule has 1 amide bonds. The Labute approximate surface area is 118 Å². The molecule has 0 unspecified atom stereocenters. The minimum atomic E-state index is -0.508. The van der Waals surface area contributed by atoms with Crippen molar-refractivity contribution < 1.29 is 4.79 Å². The van der Waals surface area contributed by atoms with E-state index in [9.17, 15) is 4.79 Å².